The molecular weight excluding hydrogens is 286 g/mol. The number of amides is 1. The fourth-order valence-corrected chi connectivity index (χ4v) is 3.56. The molecular formula is C19H39N3O. The van der Waals surface area contributed by atoms with E-state index in [0.29, 0.717) is 0 Å². The Morgan fingerprint density at radius 3 is 2.48 bits per heavy atom. The lowest BCUT2D eigenvalue weighted by molar-refractivity contribution is -0.133. The van der Waals surface area contributed by atoms with Crippen molar-refractivity contribution in [1.82, 2.24) is 10.2 Å². The summed E-state index contributed by atoms with van der Waals surface area (Å²) in [6, 6.07) is 0.0439. The van der Waals surface area contributed by atoms with Crippen molar-refractivity contribution in [3.63, 3.8) is 0 Å². The van der Waals surface area contributed by atoms with Crippen LogP contribution in [0.2, 0.25) is 0 Å². The van der Waals surface area contributed by atoms with Crippen molar-refractivity contribution in [2.75, 3.05) is 20.1 Å². The minimum absolute atomic E-state index is 0.116. The zero-order valence-electron chi connectivity index (χ0n) is 15.8. The van der Waals surface area contributed by atoms with Crippen molar-refractivity contribution < 1.29 is 4.79 Å². The number of hydrogen-bond acceptors (Lipinski definition) is 3. The van der Waals surface area contributed by atoms with Crippen LogP contribution in [-0.2, 0) is 4.79 Å². The lowest BCUT2D eigenvalue weighted by atomic mass is 9.85. The largest absolute Gasteiger partial charge is 0.344 e. The van der Waals surface area contributed by atoms with Gasteiger partial charge in [-0.1, -0.05) is 59.3 Å². The van der Waals surface area contributed by atoms with E-state index < -0.39 is 0 Å². The third kappa shape index (κ3) is 7.67. The van der Waals surface area contributed by atoms with Crippen LogP contribution in [0.1, 0.15) is 72.1 Å². The van der Waals surface area contributed by atoms with E-state index in [1.807, 2.05) is 11.9 Å². The fraction of sp³-hybridized carbons (Fsp3) is 0.947. The summed E-state index contributed by atoms with van der Waals surface area (Å²) in [5, 5.41) is 3.45. The zero-order valence-corrected chi connectivity index (χ0v) is 15.8. The van der Waals surface area contributed by atoms with Crippen LogP contribution in [0.4, 0.5) is 0 Å². The lowest BCUT2D eigenvalue weighted by Gasteiger charge is -2.29. The molecule has 0 spiro atoms. The van der Waals surface area contributed by atoms with Gasteiger partial charge >= 0.3 is 0 Å². The summed E-state index contributed by atoms with van der Waals surface area (Å²) >= 11 is 0. The molecule has 136 valence electrons. The second-order valence-corrected chi connectivity index (χ2v) is 7.74. The topological polar surface area (TPSA) is 58.4 Å². The van der Waals surface area contributed by atoms with Crippen LogP contribution in [0.5, 0.6) is 0 Å². The van der Waals surface area contributed by atoms with Gasteiger partial charge in [0.05, 0.1) is 6.04 Å². The highest BCUT2D eigenvalue weighted by Gasteiger charge is 2.25. The van der Waals surface area contributed by atoms with Crippen molar-refractivity contribution in [3.05, 3.63) is 0 Å². The maximum absolute atomic E-state index is 12.6. The Bertz CT molecular complexity index is 327. The van der Waals surface area contributed by atoms with E-state index in [1.54, 1.807) is 0 Å². The third-order valence-electron chi connectivity index (χ3n) is 5.12. The lowest BCUT2D eigenvalue weighted by Crippen LogP contribution is -2.51. The van der Waals surface area contributed by atoms with Gasteiger partial charge in [-0.05, 0) is 24.7 Å². The van der Waals surface area contributed by atoms with Gasteiger partial charge in [0, 0.05) is 26.2 Å². The van der Waals surface area contributed by atoms with Gasteiger partial charge in [-0.3, -0.25) is 4.79 Å². The van der Waals surface area contributed by atoms with Crippen molar-refractivity contribution in [1.29, 1.82) is 0 Å². The normalized spacial score (nSPS) is 18.9. The molecule has 1 unspecified atom stereocenters. The first-order valence-corrected chi connectivity index (χ1v) is 9.69. The van der Waals surface area contributed by atoms with Gasteiger partial charge in [0.2, 0.25) is 5.91 Å². The van der Waals surface area contributed by atoms with E-state index in [-0.39, 0.29) is 23.9 Å². The standard InChI is InChI=1S/C19H39N3O/c1-5-6-12-22(4)19(23)18(15(2)3)21-14-17(20)13-16-10-8-7-9-11-16/h15-18,21H,5-14,20H2,1-4H3/t17-,18?/m0/s1. The van der Waals surface area contributed by atoms with Gasteiger partial charge < -0.3 is 16.0 Å². The minimum Gasteiger partial charge on any atom is -0.344 e. The molecule has 0 saturated heterocycles. The van der Waals surface area contributed by atoms with Crippen LogP contribution in [0, 0.1) is 11.8 Å². The molecule has 4 heteroatoms. The molecule has 0 aromatic rings. The Hall–Kier alpha value is -0.610. The molecule has 0 aliphatic heterocycles. The average molecular weight is 326 g/mol. The monoisotopic (exact) mass is 325 g/mol. The molecule has 1 amide bonds. The van der Waals surface area contributed by atoms with Crippen molar-refractivity contribution >= 4 is 5.91 Å². The Kier molecular flexibility index (Phi) is 9.80. The first-order chi connectivity index (χ1) is 11.0. The van der Waals surface area contributed by atoms with Gasteiger partial charge in [0.1, 0.15) is 0 Å². The van der Waals surface area contributed by atoms with Crippen molar-refractivity contribution in [2.24, 2.45) is 17.6 Å². The number of unbranched alkanes of at least 4 members (excludes halogenated alkanes) is 1. The van der Waals surface area contributed by atoms with E-state index >= 15 is 0 Å². The second kappa shape index (κ2) is 11.0. The molecule has 1 fully saturated rings. The Labute approximate surface area is 143 Å². The summed E-state index contributed by atoms with van der Waals surface area (Å²) < 4.78 is 0. The van der Waals surface area contributed by atoms with E-state index in [0.717, 1.165) is 38.3 Å². The van der Waals surface area contributed by atoms with Crippen LogP contribution >= 0.6 is 0 Å². The molecule has 0 aromatic carbocycles. The maximum atomic E-state index is 12.6. The highest BCUT2D eigenvalue weighted by Crippen LogP contribution is 2.26. The summed E-state index contributed by atoms with van der Waals surface area (Å²) in [6.45, 7) is 7.95. The van der Waals surface area contributed by atoms with Gasteiger partial charge in [-0.15, -0.1) is 0 Å². The number of likely N-dealkylation sites (N-methyl/N-ethyl adjacent to an activating group) is 1. The van der Waals surface area contributed by atoms with E-state index in [2.05, 4.69) is 26.1 Å². The molecule has 1 saturated carbocycles. The summed E-state index contributed by atoms with van der Waals surface area (Å²) in [7, 11) is 1.91. The van der Waals surface area contributed by atoms with Gasteiger partial charge in [0.25, 0.3) is 0 Å². The number of hydrogen-bond donors (Lipinski definition) is 2. The third-order valence-corrected chi connectivity index (χ3v) is 5.12. The van der Waals surface area contributed by atoms with E-state index in [9.17, 15) is 4.79 Å². The minimum atomic E-state index is -0.116. The van der Waals surface area contributed by atoms with Crippen LogP contribution < -0.4 is 11.1 Å². The smallest absolute Gasteiger partial charge is 0.239 e. The average Bonchev–Trinajstić information content (AvgIpc) is 2.53. The Morgan fingerprint density at radius 1 is 1.26 bits per heavy atom. The number of carbonyl (C=O) groups is 1. The molecule has 1 aliphatic rings. The predicted molar refractivity (Wildman–Crippen MR) is 98.3 cm³/mol. The fourth-order valence-electron chi connectivity index (χ4n) is 3.56. The molecule has 1 aliphatic carbocycles. The Morgan fingerprint density at radius 2 is 1.91 bits per heavy atom. The molecule has 2 atom stereocenters. The van der Waals surface area contributed by atoms with E-state index in [4.69, 9.17) is 5.73 Å². The molecule has 3 N–H and O–H groups in total. The van der Waals surface area contributed by atoms with Crippen LogP contribution in [0.3, 0.4) is 0 Å². The van der Waals surface area contributed by atoms with Crippen LogP contribution in [0.25, 0.3) is 0 Å². The first-order valence-electron chi connectivity index (χ1n) is 9.69. The van der Waals surface area contributed by atoms with Crippen molar-refractivity contribution in [2.45, 2.75) is 84.2 Å². The SMILES string of the molecule is CCCCN(C)C(=O)C(NC[C@@H](N)CC1CCCCC1)C(C)C. The van der Waals surface area contributed by atoms with E-state index in [1.165, 1.54) is 32.1 Å². The van der Waals surface area contributed by atoms with Crippen molar-refractivity contribution in [3.8, 4) is 0 Å². The number of nitrogens with one attached hydrogen (secondary N) is 1. The number of nitrogens with two attached hydrogens (primary N) is 1. The van der Waals surface area contributed by atoms with Crippen LogP contribution in [-0.4, -0.2) is 43.0 Å². The number of carbonyl (C=O) groups excluding carboxylic acids is 1. The molecule has 23 heavy (non-hydrogen) atoms. The highest BCUT2D eigenvalue weighted by molar-refractivity contribution is 5.81. The molecule has 0 bridgehead atoms. The summed E-state index contributed by atoms with van der Waals surface area (Å²) in [4.78, 5) is 14.5. The summed E-state index contributed by atoms with van der Waals surface area (Å²) in [5.74, 6) is 1.28. The molecule has 0 radical (unpaired) electrons. The van der Waals surface area contributed by atoms with Gasteiger partial charge in [-0.2, -0.15) is 0 Å². The second-order valence-electron chi connectivity index (χ2n) is 7.74. The highest BCUT2D eigenvalue weighted by atomic mass is 16.2. The maximum Gasteiger partial charge on any atom is 0.239 e. The Balaban J connectivity index is 2.40. The van der Waals surface area contributed by atoms with Gasteiger partial charge in [-0.25, -0.2) is 0 Å². The summed E-state index contributed by atoms with van der Waals surface area (Å²) in [5.41, 5.74) is 6.32. The zero-order chi connectivity index (χ0) is 17.2. The number of rotatable bonds is 10. The molecule has 0 aromatic heterocycles. The molecule has 1 rings (SSSR count). The van der Waals surface area contributed by atoms with Crippen LogP contribution in [0.15, 0.2) is 0 Å². The predicted octanol–water partition coefficient (Wildman–Crippen LogP) is 3.16. The summed E-state index contributed by atoms with van der Waals surface area (Å²) in [6.07, 6.45) is 10.0. The number of nitrogens with zero attached hydrogens (tertiary/aromatic N) is 1. The molecule has 0 heterocycles. The molecule has 4 nitrogen and oxygen atoms in total. The van der Waals surface area contributed by atoms with Gasteiger partial charge in [0.15, 0.2) is 0 Å². The first kappa shape index (κ1) is 20.4. The quantitative estimate of drug-likeness (QED) is 0.648.